The number of phenolic OH excluding ortho intramolecular Hbond substituents is 1. The molecular formula is C17H11BF2N2O. The van der Waals surface area contributed by atoms with E-state index < -0.39 is 11.6 Å². The zero-order valence-electron chi connectivity index (χ0n) is 12.2. The number of nitrogens with zero attached hydrogens (tertiary/aromatic N) is 2. The van der Waals surface area contributed by atoms with Gasteiger partial charge in [0.1, 0.15) is 19.3 Å². The Hall–Kier alpha value is -2.76. The van der Waals surface area contributed by atoms with E-state index in [-0.39, 0.29) is 22.7 Å². The van der Waals surface area contributed by atoms with Crippen molar-refractivity contribution in [2.45, 2.75) is 6.92 Å². The van der Waals surface area contributed by atoms with Gasteiger partial charge in [0.15, 0.2) is 11.6 Å². The molecule has 3 nitrogen and oxygen atoms in total. The van der Waals surface area contributed by atoms with Gasteiger partial charge in [0.25, 0.3) is 0 Å². The van der Waals surface area contributed by atoms with E-state index in [1.165, 1.54) is 19.1 Å². The van der Waals surface area contributed by atoms with Gasteiger partial charge < -0.3 is 5.11 Å². The van der Waals surface area contributed by atoms with Crippen molar-refractivity contribution in [1.29, 1.82) is 0 Å². The zero-order valence-corrected chi connectivity index (χ0v) is 12.2. The number of hydrogen-bond donors (Lipinski definition) is 1. The van der Waals surface area contributed by atoms with Crippen LogP contribution in [0.15, 0.2) is 52.7 Å². The number of phenols is 1. The molecule has 0 spiro atoms. The lowest BCUT2D eigenvalue weighted by Crippen LogP contribution is -2.02. The molecule has 3 aromatic rings. The van der Waals surface area contributed by atoms with Gasteiger partial charge in [0.05, 0.1) is 5.69 Å². The van der Waals surface area contributed by atoms with E-state index in [1.807, 2.05) is 0 Å². The normalized spacial score (nSPS) is 11.4. The molecule has 0 aliphatic heterocycles. The molecule has 3 aromatic carbocycles. The van der Waals surface area contributed by atoms with Crippen molar-refractivity contribution < 1.29 is 13.9 Å². The summed E-state index contributed by atoms with van der Waals surface area (Å²) in [6.45, 7) is 1.44. The second-order valence-electron chi connectivity index (χ2n) is 5.13. The van der Waals surface area contributed by atoms with Crippen LogP contribution in [0.1, 0.15) is 5.56 Å². The van der Waals surface area contributed by atoms with Gasteiger partial charge in [-0.25, -0.2) is 8.78 Å². The molecule has 2 radical (unpaired) electrons. The Kier molecular flexibility index (Phi) is 3.82. The Balaban J connectivity index is 2.11. The molecular weight excluding hydrogens is 297 g/mol. The molecule has 3 rings (SSSR count). The van der Waals surface area contributed by atoms with Crippen molar-refractivity contribution in [3.63, 3.8) is 0 Å². The summed E-state index contributed by atoms with van der Waals surface area (Å²) in [6, 6.07) is 10.7. The highest BCUT2D eigenvalue weighted by Crippen LogP contribution is 2.35. The molecule has 0 amide bonds. The number of fused-ring (bicyclic) bond motifs is 1. The molecule has 0 bridgehead atoms. The number of aromatic hydroxyl groups is 1. The number of benzene rings is 3. The Bertz CT molecular complexity index is 918. The third kappa shape index (κ3) is 2.80. The molecule has 1 N–H and O–H groups in total. The van der Waals surface area contributed by atoms with Crippen LogP contribution in [0.4, 0.5) is 20.2 Å². The van der Waals surface area contributed by atoms with Crippen LogP contribution in [0, 0.1) is 18.6 Å². The minimum atomic E-state index is -0.995. The fourth-order valence-corrected chi connectivity index (χ4v) is 2.33. The first-order valence-electron chi connectivity index (χ1n) is 6.85. The van der Waals surface area contributed by atoms with Crippen molar-refractivity contribution in [2.24, 2.45) is 10.2 Å². The van der Waals surface area contributed by atoms with E-state index in [0.717, 1.165) is 11.5 Å². The molecule has 0 unspecified atom stereocenters. The van der Waals surface area contributed by atoms with Crippen LogP contribution in [0.5, 0.6) is 5.75 Å². The van der Waals surface area contributed by atoms with Gasteiger partial charge in [0.2, 0.25) is 0 Å². The third-order valence-electron chi connectivity index (χ3n) is 3.51. The fraction of sp³-hybridized carbons (Fsp3) is 0.0588. The molecule has 0 saturated carbocycles. The van der Waals surface area contributed by atoms with Crippen LogP contribution < -0.4 is 5.46 Å². The second-order valence-corrected chi connectivity index (χ2v) is 5.13. The summed E-state index contributed by atoms with van der Waals surface area (Å²) in [5.41, 5.74) is 1.05. The Labute approximate surface area is 132 Å². The number of rotatable bonds is 2. The Morgan fingerprint density at radius 3 is 2.52 bits per heavy atom. The standard InChI is InChI=1S/C17H11BF2N2O/c1-9-7-10(8-14(19)16(9)20)21-22-17-12-3-2-4-13(18)11(12)5-6-15(17)23/h2-8,23H,1H3. The van der Waals surface area contributed by atoms with Crippen molar-refractivity contribution in [1.82, 2.24) is 0 Å². The maximum absolute atomic E-state index is 13.4. The quantitative estimate of drug-likeness (QED) is 0.555. The number of aryl methyl sites for hydroxylation is 1. The van der Waals surface area contributed by atoms with E-state index in [9.17, 15) is 13.9 Å². The number of halogens is 2. The van der Waals surface area contributed by atoms with Gasteiger partial charge in [-0.2, -0.15) is 5.11 Å². The lowest BCUT2D eigenvalue weighted by molar-refractivity contribution is 0.477. The fourth-order valence-electron chi connectivity index (χ4n) is 2.33. The summed E-state index contributed by atoms with van der Waals surface area (Å²) in [5, 5.41) is 19.2. The predicted molar refractivity (Wildman–Crippen MR) is 86.3 cm³/mol. The Morgan fingerprint density at radius 2 is 1.78 bits per heavy atom. The summed E-state index contributed by atoms with van der Waals surface area (Å²) in [4.78, 5) is 0. The first-order valence-corrected chi connectivity index (χ1v) is 6.85. The predicted octanol–water partition coefficient (Wildman–Crippen LogP) is 4.34. The first-order chi connectivity index (χ1) is 11.0. The molecule has 112 valence electrons. The molecule has 0 aromatic heterocycles. The number of azo groups is 1. The summed E-state index contributed by atoms with van der Waals surface area (Å²) in [5.74, 6) is -1.98. The smallest absolute Gasteiger partial charge is 0.161 e. The van der Waals surface area contributed by atoms with Crippen molar-refractivity contribution in [2.75, 3.05) is 0 Å². The molecule has 0 atom stereocenters. The molecule has 0 saturated heterocycles. The molecule has 6 heteroatoms. The summed E-state index contributed by atoms with van der Waals surface area (Å²) < 4.78 is 26.7. The number of hydrogen-bond acceptors (Lipinski definition) is 3. The van der Waals surface area contributed by atoms with Crippen molar-refractivity contribution in [3.8, 4) is 5.75 Å². The van der Waals surface area contributed by atoms with Crippen molar-refractivity contribution in [3.05, 3.63) is 59.7 Å². The monoisotopic (exact) mass is 308 g/mol. The van der Waals surface area contributed by atoms with E-state index in [0.29, 0.717) is 10.8 Å². The molecule has 0 aliphatic rings. The molecule has 0 aliphatic carbocycles. The minimum absolute atomic E-state index is 0.0776. The van der Waals surface area contributed by atoms with Crippen LogP contribution in [-0.2, 0) is 0 Å². The first kappa shape index (κ1) is 15.2. The van der Waals surface area contributed by atoms with Gasteiger partial charge in [-0.15, -0.1) is 5.11 Å². The van der Waals surface area contributed by atoms with Gasteiger partial charge >= 0.3 is 0 Å². The lowest BCUT2D eigenvalue weighted by atomic mass is 9.89. The van der Waals surface area contributed by atoms with E-state index in [1.54, 1.807) is 24.3 Å². The minimum Gasteiger partial charge on any atom is -0.506 e. The van der Waals surface area contributed by atoms with E-state index in [4.69, 9.17) is 7.85 Å². The maximum Gasteiger partial charge on any atom is 0.161 e. The van der Waals surface area contributed by atoms with Crippen LogP contribution in [-0.4, -0.2) is 13.0 Å². The Morgan fingerprint density at radius 1 is 1.00 bits per heavy atom. The van der Waals surface area contributed by atoms with Gasteiger partial charge in [-0.1, -0.05) is 29.7 Å². The van der Waals surface area contributed by atoms with E-state index in [2.05, 4.69) is 10.2 Å². The van der Waals surface area contributed by atoms with Crippen LogP contribution in [0.3, 0.4) is 0 Å². The van der Waals surface area contributed by atoms with Crippen LogP contribution in [0.2, 0.25) is 0 Å². The third-order valence-corrected chi connectivity index (χ3v) is 3.51. The van der Waals surface area contributed by atoms with Crippen LogP contribution in [0.25, 0.3) is 10.8 Å². The molecule has 23 heavy (non-hydrogen) atoms. The van der Waals surface area contributed by atoms with Crippen LogP contribution >= 0.6 is 0 Å². The van der Waals surface area contributed by atoms with Gasteiger partial charge in [0, 0.05) is 11.5 Å². The largest absolute Gasteiger partial charge is 0.506 e. The second kappa shape index (κ2) is 5.80. The summed E-state index contributed by atoms with van der Waals surface area (Å²) in [7, 11) is 5.89. The van der Waals surface area contributed by atoms with E-state index >= 15 is 0 Å². The summed E-state index contributed by atoms with van der Waals surface area (Å²) >= 11 is 0. The van der Waals surface area contributed by atoms with Gasteiger partial charge in [-0.3, -0.25) is 0 Å². The highest BCUT2D eigenvalue weighted by molar-refractivity contribution is 6.39. The lowest BCUT2D eigenvalue weighted by Gasteiger charge is -2.06. The highest BCUT2D eigenvalue weighted by atomic mass is 19.2. The topological polar surface area (TPSA) is 45.0 Å². The zero-order chi connectivity index (χ0) is 16.6. The maximum atomic E-state index is 13.4. The average Bonchev–Trinajstić information content (AvgIpc) is 2.51. The average molecular weight is 308 g/mol. The highest BCUT2D eigenvalue weighted by Gasteiger charge is 2.09. The molecule has 0 heterocycles. The summed E-state index contributed by atoms with van der Waals surface area (Å²) in [6.07, 6.45) is 0. The molecule has 0 fully saturated rings. The van der Waals surface area contributed by atoms with Gasteiger partial charge in [-0.05, 0) is 30.0 Å². The SMILES string of the molecule is [B]c1cccc2c(N=Nc3cc(C)c(F)c(F)c3)c(O)ccc12. The van der Waals surface area contributed by atoms with Crippen molar-refractivity contribution >= 4 is 35.5 Å².